The Labute approximate surface area is 88.4 Å². The monoisotopic (exact) mass is 230 g/mol. The fourth-order valence-corrected chi connectivity index (χ4v) is 3.26. The van der Waals surface area contributed by atoms with Crippen LogP contribution in [0.15, 0.2) is 6.20 Å². The molecule has 0 saturated heterocycles. The molecule has 1 aromatic rings. The Morgan fingerprint density at radius 3 is 2.67 bits per heavy atom. The Kier molecular flexibility index (Phi) is 2.22. The molecule has 1 aliphatic rings. The van der Waals surface area contributed by atoms with Gasteiger partial charge in [0.2, 0.25) is 0 Å². The molecule has 1 aromatic heterocycles. The fraction of sp³-hybridized carbons (Fsp3) is 0.750. The van der Waals surface area contributed by atoms with E-state index in [1.165, 1.54) is 17.2 Å². The van der Waals surface area contributed by atoms with Crippen molar-refractivity contribution in [2.75, 3.05) is 17.7 Å². The summed E-state index contributed by atoms with van der Waals surface area (Å²) in [7, 11) is -2.93. The number of sulfone groups is 1. The summed E-state index contributed by atoms with van der Waals surface area (Å²) in [5.41, 5.74) is 5.28. The van der Waals surface area contributed by atoms with Crippen molar-refractivity contribution in [3.05, 3.63) is 6.20 Å². The molecule has 1 fully saturated rings. The van der Waals surface area contributed by atoms with Crippen LogP contribution in [0.3, 0.4) is 0 Å². The van der Waals surface area contributed by atoms with Gasteiger partial charge in [0.25, 0.3) is 0 Å². The number of anilines is 1. The van der Waals surface area contributed by atoms with E-state index in [1.54, 1.807) is 0 Å². The Bertz CT molecular complexity index is 461. The second-order valence-electron chi connectivity index (χ2n) is 4.37. The number of nitrogen functional groups attached to an aromatic ring is 1. The van der Waals surface area contributed by atoms with Crippen LogP contribution in [0.4, 0.5) is 5.82 Å². The molecule has 0 unspecified atom stereocenters. The van der Waals surface area contributed by atoms with Gasteiger partial charge >= 0.3 is 0 Å². The van der Waals surface area contributed by atoms with Gasteiger partial charge < -0.3 is 5.73 Å². The van der Waals surface area contributed by atoms with Crippen molar-refractivity contribution in [1.82, 2.24) is 15.0 Å². The third-order valence-electron chi connectivity index (χ3n) is 2.56. The summed E-state index contributed by atoms with van der Waals surface area (Å²) in [6, 6.07) is 0. The van der Waals surface area contributed by atoms with Crippen molar-refractivity contribution in [2.45, 2.75) is 19.4 Å². The Hall–Kier alpha value is -1.11. The van der Waals surface area contributed by atoms with Crippen LogP contribution in [-0.2, 0) is 16.4 Å². The Morgan fingerprint density at radius 2 is 2.27 bits per heavy atom. The van der Waals surface area contributed by atoms with Crippen molar-refractivity contribution in [2.24, 2.45) is 5.41 Å². The maximum absolute atomic E-state index is 11.2. The predicted octanol–water partition coefficient (Wildman–Crippen LogP) is -0.315. The molecule has 0 aliphatic heterocycles. The van der Waals surface area contributed by atoms with E-state index in [1.807, 2.05) is 0 Å². The van der Waals surface area contributed by atoms with E-state index >= 15 is 0 Å². The number of nitrogens with zero attached hydrogens (tertiary/aromatic N) is 3. The first kappa shape index (κ1) is 10.4. The van der Waals surface area contributed by atoms with Crippen molar-refractivity contribution < 1.29 is 8.42 Å². The van der Waals surface area contributed by atoms with Gasteiger partial charge in [0.05, 0.1) is 18.5 Å². The number of hydrogen-bond donors (Lipinski definition) is 1. The van der Waals surface area contributed by atoms with E-state index in [4.69, 9.17) is 5.73 Å². The standard InChI is InChI=1S/C8H14N4O2S/c1-15(13,14)6-8(2-3-8)5-12-10-4-7(9)11-12/h4H,2-3,5-6H2,1H3,(H2,9,11). The van der Waals surface area contributed by atoms with E-state index in [0.29, 0.717) is 12.4 Å². The lowest BCUT2D eigenvalue weighted by Gasteiger charge is -2.12. The largest absolute Gasteiger partial charge is 0.381 e. The molecule has 0 spiro atoms. The lowest BCUT2D eigenvalue weighted by molar-refractivity contribution is 0.396. The maximum Gasteiger partial charge on any atom is 0.165 e. The van der Waals surface area contributed by atoms with Gasteiger partial charge in [-0.2, -0.15) is 9.90 Å². The van der Waals surface area contributed by atoms with Gasteiger partial charge in [0.1, 0.15) is 9.84 Å². The smallest absolute Gasteiger partial charge is 0.165 e. The zero-order valence-corrected chi connectivity index (χ0v) is 9.37. The summed E-state index contributed by atoms with van der Waals surface area (Å²) in [6.45, 7) is 0.539. The maximum atomic E-state index is 11.2. The Morgan fingerprint density at radius 1 is 1.60 bits per heavy atom. The SMILES string of the molecule is CS(=O)(=O)CC1(Cn2ncc(N)n2)CC1. The minimum Gasteiger partial charge on any atom is -0.381 e. The van der Waals surface area contributed by atoms with Gasteiger partial charge in [-0.15, -0.1) is 5.10 Å². The van der Waals surface area contributed by atoms with Crippen LogP contribution in [0.1, 0.15) is 12.8 Å². The third-order valence-corrected chi connectivity index (χ3v) is 3.69. The summed E-state index contributed by atoms with van der Waals surface area (Å²) in [4.78, 5) is 1.48. The number of aromatic nitrogens is 3. The van der Waals surface area contributed by atoms with Gasteiger partial charge in [0, 0.05) is 11.7 Å². The molecule has 0 amide bonds. The van der Waals surface area contributed by atoms with E-state index in [-0.39, 0.29) is 11.2 Å². The molecule has 1 heterocycles. The number of nitrogens with two attached hydrogens (primary N) is 1. The second kappa shape index (κ2) is 3.19. The normalized spacial score (nSPS) is 19.0. The average molecular weight is 230 g/mol. The molecule has 84 valence electrons. The first-order valence-corrected chi connectivity index (χ1v) is 6.78. The minimum absolute atomic E-state index is 0.154. The van der Waals surface area contributed by atoms with Crippen LogP contribution >= 0.6 is 0 Å². The summed E-state index contributed by atoms with van der Waals surface area (Å²) in [6.07, 6.45) is 4.57. The summed E-state index contributed by atoms with van der Waals surface area (Å²) in [5, 5.41) is 7.91. The zero-order chi connectivity index (χ0) is 11.1. The second-order valence-corrected chi connectivity index (χ2v) is 6.51. The van der Waals surface area contributed by atoms with E-state index in [9.17, 15) is 8.42 Å². The third kappa shape index (κ3) is 2.68. The molecule has 6 nitrogen and oxygen atoms in total. The highest BCUT2D eigenvalue weighted by atomic mass is 32.2. The molecule has 2 N–H and O–H groups in total. The quantitative estimate of drug-likeness (QED) is 0.765. The first-order chi connectivity index (χ1) is 6.89. The molecule has 0 aromatic carbocycles. The van der Waals surface area contributed by atoms with Gasteiger partial charge in [-0.1, -0.05) is 0 Å². The molecular weight excluding hydrogens is 216 g/mol. The topological polar surface area (TPSA) is 90.9 Å². The molecule has 1 saturated carbocycles. The lowest BCUT2D eigenvalue weighted by Crippen LogP contribution is -2.22. The fourth-order valence-electron chi connectivity index (χ4n) is 1.77. The number of hydrogen-bond acceptors (Lipinski definition) is 5. The van der Waals surface area contributed by atoms with Crippen LogP contribution in [0.2, 0.25) is 0 Å². The van der Waals surface area contributed by atoms with Crippen LogP contribution in [0, 0.1) is 5.41 Å². The molecule has 0 radical (unpaired) electrons. The van der Waals surface area contributed by atoms with Crippen LogP contribution in [0.25, 0.3) is 0 Å². The van der Waals surface area contributed by atoms with Crippen molar-refractivity contribution in [1.29, 1.82) is 0 Å². The van der Waals surface area contributed by atoms with Crippen LogP contribution in [-0.4, -0.2) is 35.4 Å². The minimum atomic E-state index is -2.93. The highest BCUT2D eigenvalue weighted by molar-refractivity contribution is 7.90. The van der Waals surface area contributed by atoms with E-state index in [0.717, 1.165) is 12.8 Å². The Balaban J connectivity index is 2.06. The van der Waals surface area contributed by atoms with E-state index < -0.39 is 9.84 Å². The average Bonchev–Trinajstić information content (AvgIpc) is 2.64. The van der Waals surface area contributed by atoms with Crippen LogP contribution < -0.4 is 5.73 Å². The molecule has 2 rings (SSSR count). The summed E-state index contributed by atoms with van der Waals surface area (Å²) < 4.78 is 22.4. The van der Waals surface area contributed by atoms with Crippen molar-refractivity contribution in [3.8, 4) is 0 Å². The van der Waals surface area contributed by atoms with Crippen LogP contribution in [0.5, 0.6) is 0 Å². The van der Waals surface area contributed by atoms with E-state index in [2.05, 4.69) is 10.2 Å². The van der Waals surface area contributed by atoms with Gasteiger partial charge in [0.15, 0.2) is 5.82 Å². The van der Waals surface area contributed by atoms with Gasteiger partial charge in [-0.3, -0.25) is 0 Å². The van der Waals surface area contributed by atoms with Crippen molar-refractivity contribution >= 4 is 15.7 Å². The molecule has 7 heteroatoms. The predicted molar refractivity (Wildman–Crippen MR) is 55.8 cm³/mol. The summed E-state index contributed by atoms with van der Waals surface area (Å²) >= 11 is 0. The van der Waals surface area contributed by atoms with Gasteiger partial charge in [-0.05, 0) is 12.8 Å². The highest BCUT2D eigenvalue weighted by Crippen LogP contribution is 2.47. The first-order valence-electron chi connectivity index (χ1n) is 4.72. The summed E-state index contributed by atoms with van der Waals surface area (Å²) in [5.74, 6) is 0.576. The molecular formula is C8H14N4O2S. The number of rotatable bonds is 4. The van der Waals surface area contributed by atoms with Crippen molar-refractivity contribution in [3.63, 3.8) is 0 Å². The molecule has 0 bridgehead atoms. The molecule has 0 atom stereocenters. The van der Waals surface area contributed by atoms with Gasteiger partial charge in [-0.25, -0.2) is 8.42 Å². The zero-order valence-electron chi connectivity index (χ0n) is 8.55. The molecule has 1 aliphatic carbocycles. The highest BCUT2D eigenvalue weighted by Gasteiger charge is 2.46. The molecule has 15 heavy (non-hydrogen) atoms. The lowest BCUT2D eigenvalue weighted by atomic mass is 10.1.